The van der Waals surface area contributed by atoms with Crippen LogP contribution in [-0.2, 0) is 5.92 Å². The van der Waals surface area contributed by atoms with Gasteiger partial charge >= 0.3 is 0 Å². The topological polar surface area (TPSA) is 29.5 Å². The van der Waals surface area contributed by atoms with Crippen LogP contribution in [0.4, 0.5) is 17.6 Å². The normalized spacial score (nSPS) is 11.6. The summed E-state index contributed by atoms with van der Waals surface area (Å²) in [4.78, 5) is 0. The summed E-state index contributed by atoms with van der Waals surface area (Å²) < 4.78 is 57.1. The van der Waals surface area contributed by atoms with Gasteiger partial charge in [0.25, 0.3) is 5.92 Å². The molecule has 1 rings (SSSR count). The maximum absolute atomic E-state index is 13.4. The standard InChI is InChI=1S/C10H10F4O2/c1-16-9-6(10(13,14)4-5-15)2-3-7(11)8(9)12/h2-3,15H,4-5H2,1H3. The van der Waals surface area contributed by atoms with Crippen LogP contribution in [0.25, 0.3) is 0 Å². The first kappa shape index (κ1) is 12.8. The van der Waals surface area contributed by atoms with Crippen LogP contribution < -0.4 is 4.74 Å². The van der Waals surface area contributed by atoms with E-state index < -0.39 is 41.9 Å². The molecule has 0 spiro atoms. The van der Waals surface area contributed by atoms with Crippen molar-refractivity contribution in [3.8, 4) is 5.75 Å². The Morgan fingerprint density at radius 1 is 1.31 bits per heavy atom. The molecule has 0 aliphatic heterocycles. The maximum Gasteiger partial charge on any atom is 0.279 e. The minimum Gasteiger partial charge on any atom is -0.493 e. The third-order valence-corrected chi connectivity index (χ3v) is 2.07. The fourth-order valence-corrected chi connectivity index (χ4v) is 1.29. The molecule has 0 heterocycles. The molecule has 0 aliphatic rings. The maximum atomic E-state index is 13.4. The van der Waals surface area contributed by atoms with Crippen LogP contribution in [0, 0.1) is 11.6 Å². The molecule has 0 bridgehead atoms. The van der Waals surface area contributed by atoms with Crippen molar-refractivity contribution in [2.75, 3.05) is 13.7 Å². The third kappa shape index (κ3) is 2.27. The van der Waals surface area contributed by atoms with Gasteiger partial charge in [0.2, 0.25) is 5.82 Å². The Bertz CT molecular complexity index is 379. The highest BCUT2D eigenvalue weighted by Crippen LogP contribution is 2.39. The van der Waals surface area contributed by atoms with E-state index in [0.717, 1.165) is 13.2 Å². The molecule has 0 aliphatic carbocycles. The highest BCUT2D eigenvalue weighted by atomic mass is 19.3. The van der Waals surface area contributed by atoms with Crippen LogP contribution in [0.2, 0.25) is 0 Å². The molecule has 90 valence electrons. The van der Waals surface area contributed by atoms with E-state index in [4.69, 9.17) is 5.11 Å². The lowest BCUT2D eigenvalue weighted by molar-refractivity contribution is -0.0292. The Kier molecular flexibility index (Phi) is 3.74. The zero-order chi connectivity index (χ0) is 12.3. The van der Waals surface area contributed by atoms with Crippen LogP contribution >= 0.6 is 0 Å². The van der Waals surface area contributed by atoms with Crippen LogP contribution in [0.5, 0.6) is 5.75 Å². The minimum absolute atomic E-state index is 0.596. The molecule has 0 saturated heterocycles. The summed E-state index contributed by atoms with van der Waals surface area (Å²) >= 11 is 0. The van der Waals surface area contributed by atoms with Crippen LogP contribution in [0.15, 0.2) is 12.1 Å². The number of ether oxygens (including phenoxy) is 1. The van der Waals surface area contributed by atoms with Gasteiger partial charge in [-0.3, -0.25) is 0 Å². The fraction of sp³-hybridized carbons (Fsp3) is 0.400. The van der Waals surface area contributed by atoms with Crippen molar-refractivity contribution >= 4 is 0 Å². The van der Waals surface area contributed by atoms with Crippen molar-refractivity contribution < 1.29 is 27.4 Å². The molecular formula is C10H10F4O2. The van der Waals surface area contributed by atoms with Gasteiger partial charge in [-0.1, -0.05) is 0 Å². The molecule has 0 unspecified atom stereocenters. The zero-order valence-corrected chi connectivity index (χ0v) is 8.44. The number of alkyl halides is 2. The molecule has 0 atom stereocenters. The molecule has 0 aromatic heterocycles. The summed E-state index contributed by atoms with van der Waals surface area (Å²) in [6, 6.07) is 1.34. The van der Waals surface area contributed by atoms with Gasteiger partial charge in [-0.05, 0) is 12.1 Å². The molecular weight excluding hydrogens is 228 g/mol. The van der Waals surface area contributed by atoms with Gasteiger partial charge in [0.05, 0.1) is 12.7 Å². The largest absolute Gasteiger partial charge is 0.493 e. The monoisotopic (exact) mass is 238 g/mol. The van der Waals surface area contributed by atoms with E-state index in [1.807, 2.05) is 0 Å². The average molecular weight is 238 g/mol. The van der Waals surface area contributed by atoms with E-state index in [-0.39, 0.29) is 0 Å². The molecule has 0 fully saturated rings. The van der Waals surface area contributed by atoms with Gasteiger partial charge in [0, 0.05) is 13.0 Å². The highest BCUT2D eigenvalue weighted by Gasteiger charge is 2.36. The number of benzene rings is 1. The second-order valence-electron chi connectivity index (χ2n) is 3.12. The van der Waals surface area contributed by atoms with Crippen molar-refractivity contribution in [2.24, 2.45) is 0 Å². The number of aliphatic hydroxyl groups excluding tert-OH is 1. The van der Waals surface area contributed by atoms with E-state index >= 15 is 0 Å². The number of hydrogen-bond acceptors (Lipinski definition) is 2. The number of methoxy groups -OCH3 is 1. The van der Waals surface area contributed by atoms with Gasteiger partial charge in [0.15, 0.2) is 11.6 Å². The lowest BCUT2D eigenvalue weighted by Crippen LogP contribution is -2.17. The molecule has 1 aromatic rings. The van der Waals surface area contributed by atoms with Gasteiger partial charge in [0.1, 0.15) is 0 Å². The molecule has 6 heteroatoms. The first-order valence-corrected chi connectivity index (χ1v) is 4.45. The van der Waals surface area contributed by atoms with Gasteiger partial charge in [-0.25, -0.2) is 13.2 Å². The van der Waals surface area contributed by atoms with E-state index in [9.17, 15) is 17.6 Å². The van der Waals surface area contributed by atoms with Crippen molar-refractivity contribution in [3.05, 3.63) is 29.3 Å². The van der Waals surface area contributed by atoms with E-state index in [2.05, 4.69) is 4.74 Å². The Morgan fingerprint density at radius 2 is 1.94 bits per heavy atom. The van der Waals surface area contributed by atoms with E-state index in [1.54, 1.807) is 0 Å². The van der Waals surface area contributed by atoms with Gasteiger partial charge < -0.3 is 9.84 Å². The SMILES string of the molecule is COc1c(C(F)(F)CCO)ccc(F)c1F. The Labute approximate surface area is 89.5 Å². The average Bonchev–Trinajstić information content (AvgIpc) is 2.21. The highest BCUT2D eigenvalue weighted by molar-refractivity contribution is 5.38. The molecule has 0 saturated carbocycles. The fourth-order valence-electron chi connectivity index (χ4n) is 1.29. The lowest BCUT2D eigenvalue weighted by Gasteiger charge is -2.18. The predicted molar refractivity (Wildman–Crippen MR) is 48.5 cm³/mol. The summed E-state index contributed by atoms with van der Waals surface area (Å²) in [5.41, 5.74) is -0.775. The quantitative estimate of drug-likeness (QED) is 0.816. The van der Waals surface area contributed by atoms with E-state index in [1.165, 1.54) is 0 Å². The summed E-state index contributed by atoms with van der Waals surface area (Å²) in [5.74, 6) is -7.02. The number of halogens is 4. The molecule has 1 N–H and O–H groups in total. The van der Waals surface area contributed by atoms with Crippen molar-refractivity contribution in [1.29, 1.82) is 0 Å². The molecule has 1 aromatic carbocycles. The van der Waals surface area contributed by atoms with Crippen molar-refractivity contribution in [3.63, 3.8) is 0 Å². The second kappa shape index (κ2) is 4.69. The summed E-state index contributed by atoms with van der Waals surface area (Å²) in [6.45, 7) is -0.769. The third-order valence-electron chi connectivity index (χ3n) is 2.07. The van der Waals surface area contributed by atoms with Crippen LogP contribution in [0.1, 0.15) is 12.0 Å². The zero-order valence-electron chi connectivity index (χ0n) is 8.44. The predicted octanol–water partition coefficient (Wildman–Crippen LogP) is 2.45. The smallest absolute Gasteiger partial charge is 0.279 e. The first-order chi connectivity index (χ1) is 7.44. The van der Waals surface area contributed by atoms with Gasteiger partial charge in [-0.2, -0.15) is 4.39 Å². The molecule has 16 heavy (non-hydrogen) atoms. The molecule has 2 nitrogen and oxygen atoms in total. The van der Waals surface area contributed by atoms with Crippen LogP contribution in [-0.4, -0.2) is 18.8 Å². The van der Waals surface area contributed by atoms with Crippen molar-refractivity contribution in [1.82, 2.24) is 0 Å². The number of rotatable bonds is 4. The Balaban J connectivity index is 3.28. The summed E-state index contributed by atoms with van der Waals surface area (Å²) in [6.07, 6.45) is -0.881. The minimum atomic E-state index is -3.46. The second-order valence-corrected chi connectivity index (χ2v) is 3.12. The number of aliphatic hydroxyl groups is 1. The van der Waals surface area contributed by atoms with Gasteiger partial charge in [-0.15, -0.1) is 0 Å². The molecule has 0 radical (unpaired) electrons. The van der Waals surface area contributed by atoms with Crippen molar-refractivity contribution in [2.45, 2.75) is 12.3 Å². The van der Waals surface area contributed by atoms with E-state index in [0.29, 0.717) is 6.07 Å². The summed E-state index contributed by atoms with van der Waals surface area (Å²) in [5, 5.41) is 8.46. The lowest BCUT2D eigenvalue weighted by atomic mass is 10.0. The number of hydrogen-bond donors (Lipinski definition) is 1. The summed E-state index contributed by atoms with van der Waals surface area (Å²) in [7, 11) is 0.969. The Morgan fingerprint density at radius 3 is 2.44 bits per heavy atom. The van der Waals surface area contributed by atoms with Crippen LogP contribution in [0.3, 0.4) is 0 Å². The Hall–Kier alpha value is -1.30. The first-order valence-electron chi connectivity index (χ1n) is 4.45. The molecule has 0 amide bonds.